The molecule has 0 spiro atoms. The van der Waals surface area contributed by atoms with Gasteiger partial charge < -0.3 is 10.2 Å². The smallest absolute Gasteiger partial charge is 0.307 e. The number of carboxylic acids is 1. The van der Waals surface area contributed by atoms with Crippen LogP contribution in [-0.4, -0.2) is 16.2 Å². The molecule has 0 aliphatic heterocycles. The van der Waals surface area contributed by atoms with E-state index in [4.69, 9.17) is 5.11 Å². The Morgan fingerprint density at radius 1 is 1.18 bits per heavy atom. The molecule has 0 atom stereocenters. The summed E-state index contributed by atoms with van der Waals surface area (Å²) in [6.07, 6.45) is 2.72. The summed E-state index contributed by atoms with van der Waals surface area (Å²) in [5.41, 5.74) is 2.14. The van der Waals surface area contributed by atoms with Gasteiger partial charge in [0, 0.05) is 5.56 Å². The number of phenols is 1. The number of halogens is 1. The van der Waals surface area contributed by atoms with Gasteiger partial charge in [-0.05, 0) is 47.6 Å². The van der Waals surface area contributed by atoms with Crippen LogP contribution in [0.4, 0.5) is 4.39 Å². The SMILES string of the molecule is O=C(O)Cc1cccc(O)c1-c1cccc(F)c1C1CCC1. The van der Waals surface area contributed by atoms with E-state index in [1.54, 1.807) is 24.3 Å². The number of aliphatic carboxylic acids is 1. The lowest BCUT2D eigenvalue weighted by Gasteiger charge is -2.29. The molecular weight excluding hydrogens is 283 g/mol. The number of hydrogen-bond acceptors (Lipinski definition) is 2. The first-order valence-corrected chi connectivity index (χ1v) is 7.39. The predicted octanol–water partition coefficient (Wildman–Crippen LogP) is 4.09. The summed E-state index contributed by atoms with van der Waals surface area (Å²) in [5, 5.41) is 19.3. The molecule has 0 aromatic heterocycles. The van der Waals surface area contributed by atoms with Crippen LogP contribution in [0.2, 0.25) is 0 Å². The van der Waals surface area contributed by atoms with E-state index >= 15 is 0 Å². The molecule has 0 heterocycles. The second-order valence-electron chi connectivity index (χ2n) is 5.71. The highest BCUT2D eigenvalue weighted by molar-refractivity contribution is 5.81. The van der Waals surface area contributed by atoms with Crippen LogP contribution in [0.15, 0.2) is 36.4 Å². The van der Waals surface area contributed by atoms with Crippen LogP contribution in [-0.2, 0) is 11.2 Å². The summed E-state index contributed by atoms with van der Waals surface area (Å²) in [7, 11) is 0. The average Bonchev–Trinajstić information content (AvgIpc) is 2.39. The van der Waals surface area contributed by atoms with Crippen LogP contribution in [0.1, 0.15) is 36.3 Å². The van der Waals surface area contributed by atoms with E-state index in [1.165, 1.54) is 12.1 Å². The van der Waals surface area contributed by atoms with Crippen LogP contribution in [0.25, 0.3) is 11.1 Å². The Hall–Kier alpha value is -2.36. The van der Waals surface area contributed by atoms with Crippen molar-refractivity contribution >= 4 is 5.97 Å². The van der Waals surface area contributed by atoms with Gasteiger partial charge in [-0.2, -0.15) is 0 Å². The first-order valence-electron chi connectivity index (χ1n) is 7.39. The molecule has 4 heteroatoms. The van der Waals surface area contributed by atoms with Crippen molar-refractivity contribution in [3.8, 4) is 16.9 Å². The molecule has 0 amide bonds. The fraction of sp³-hybridized carbons (Fsp3) is 0.278. The zero-order chi connectivity index (χ0) is 15.7. The molecule has 1 aliphatic rings. The third-order valence-electron chi connectivity index (χ3n) is 4.31. The van der Waals surface area contributed by atoms with Gasteiger partial charge in [-0.15, -0.1) is 0 Å². The van der Waals surface area contributed by atoms with Gasteiger partial charge in [-0.1, -0.05) is 30.7 Å². The van der Waals surface area contributed by atoms with Crippen LogP contribution >= 0.6 is 0 Å². The predicted molar refractivity (Wildman–Crippen MR) is 81.4 cm³/mol. The Kier molecular flexibility index (Phi) is 3.84. The van der Waals surface area contributed by atoms with Gasteiger partial charge >= 0.3 is 5.97 Å². The van der Waals surface area contributed by atoms with Crippen molar-refractivity contribution in [2.45, 2.75) is 31.6 Å². The molecule has 1 saturated carbocycles. The molecule has 2 aromatic rings. The van der Waals surface area contributed by atoms with Gasteiger partial charge in [0.05, 0.1) is 6.42 Å². The highest BCUT2D eigenvalue weighted by Crippen LogP contribution is 2.45. The van der Waals surface area contributed by atoms with E-state index in [-0.39, 0.29) is 23.9 Å². The number of rotatable bonds is 4. The number of carboxylic acid groups (broad SMARTS) is 1. The Balaban J connectivity index is 2.19. The van der Waals surface area contributed by atoms with Crippen molar-refractivity contribution in [1.29, 1.82) is 0 Å². The summed E-state index contributed by atoms with van der Waals surface area (Å²) in [6, 6.07) is 9.57. The quantitative estimate of drug-likeness (QED) is 0.894. The summed E-state index contributed by atoms with van der Waals surface area (Å²) < 4.78 is 14.3. The van der Waals surface area contributed by atoms with Gasteiger partial charge in [0.25, 0.3) is 0 Å². The minimum atomic E-state index is -0.978. The Labute approximate surface area is 128 Å². The highest BCUT2D eigenvalue weighted by atomic mass is 19.1. The minimum absolute atomic E-state index is 0.00933. The molecule has 0 radical (unpaired) electrons. The molecular formula is C18H17FO3. The Bertz CT molecular complexity index is 720. The molecule has 114 valence electrons. The van der Waals surface area contributed by atoms with Crippen molar-refractivity contribution in [2.75, 3.05) is 0 Å². The van der Waals surface area contributed by atoms with Crippen molar-refractivity contribution in [1.82, 2.24) is 0 Å². The molecule has 0 saturated heterocycles. The van der Waals surface area contributed by atoms with Crippen molar-refractivity contribution in [3.63, 3.8) is 0 Å². The lowest BCUT2D eigenvalue weighted by molar-refractivity contribution is -0.136. The van der Waals surface area contributed by atoms with Crippen molar-refractivity contribution in [3.05, 3.63) is 53.3 Å². The molecule has 1 fully saturated rings. The highest BCUT2D eigenvalue weighted by Gasteiger charge is 2.27. The van der Waals surface area contributed by atoms with Crippen LogP contribution in [0, 0.1) is 5.82 Å². The molecule has 2 N–H and O–H groups in total. The third kappa shape index (κ3) is 2.56. The van der Waals surface area contributed by atoms with E-state index in [1.807, 2.05) is 0 Å². The lowest BCUT2D eigenvalue weighted by atomic mass is 9.76. The summed E-state index contributed by atoms with van der Waals surface area (Å²) in [6.45, 7) is 0. The first-order chi connectivity index (χ1) is 10.6. The fourth-order valence-corrected chi connectivity index (χ4v) is 3.07. The van der Waals surface area contributed by atoms with E-state index in [2.05, 4.69) is 0 Å². The third-order valence-corrected chi connectivity index (χ3v) is 4.31. The van der Waals surface area contributed by atoms with Gasteiger partial charge in [-0.3, -0.25) is 4.79 Å². The number of benzene rings is 2. The molecule has 3 nitrogen and oxygen atoms in total. The van der Waals surface area contributed by atoms with Crippen LogP contribution < -0.4 is 0 Å². The Morgan fingerprint density at radius 3 is 2.55 bits per heavy atom. The van der Waals surface area contributed by atoms with Gasteiger partial charge in [0.1, 0.15) is 11.6 Å². The van der Waals surface area contributed by atoms with Crippen LogP contribution in [0.3, 0.4) is 0 Å². The monoisotopic (exact) mass is 300 g/mol. The molecule has 22 heavy (non-hydrogen) atoms. The maximum atomic E-state index is 14.3. The first kappa shape index (κ1) is 14.6. The maximum Gasteiger partial charge on any atom is 0.307 e. The number of hydrogen-bond donors (Lipinski definition) is 2. The van der Waals surface area contributed by atoms with E-state index in [0.29, 0.717) is 22.3 Å². The zero-order valence-corrected chi connectivity index (χ0v) is 12.1. The molecule has 0 bridgehead atoms. The summed E-state index contributed by atoms with van der Waals surface area (Å²) >= 11 is 0. The average molecular weight is 300 g/mol. The molecule has 1 aliphatic carbocycles. The number of carbonyl (C=O) groups is 1. The normalized spacial score (nSPS) is 14.6. The standard InChI is InChI=1S/C18H17FO3/c19-14-8-3-7-13(17(14)11-4-1-5-11)18-12(10-16(21)22)6-2-9-15(18)20/h2-3,6-9,11,20H,1,4-5,10H2,(H,21,22). The van der Waals surface area contributed by atoms with E-state index < -0.39 is 5.97 Å². The van der Waals surface area contributed by atoms with Crippen molar-refractivity contribution < 1.29 is 19.4 Å². The van der Waals surface area contributed by atoms with E-state index in [0.717, 1.165) is 19.3 Å². The largest absolute Gasteiger partial charge is 0.507 e. The van der Waals surface area contributed by atoms with Gasteiger partial charge in [-0.25, -0.2) is 4.39 Å². The zero-order valence-electron chi connectivity index (χ0n) is 12.1. The van der Waals surface area contributed by atoms with E-state index in [9.17, 15) is 14.3 Å². The van der Waals surface area contributed by atoms with Gasteiger partial charge in [0.2, 0.25) is 0 Å². The summed E-state index contributed by atoms with van der Waals surface area (Å²) in [5.74, 6) is -1.13. The minimum Gasteiger partial charge on any atom is -0.507 e. The van der Waals surface area contributed by atoms with Gasteiger partial charge in [0.15, 0.2) is 0 Å². The number of phenolic OH excluding ortho intramolecular Hbond substituents is 1. The van der Waals surface area contributed by atoms with Crippen LogP contribution in [0.5, 0.6) is 5.75 Å². The van der Waals surface area contributed by atoms with Crippen molar-refractivity contribution in [2.24, 2.45) is 0 Å². The molecule has 0 unspecified atom stereocenters. The topological polar surface area (TPSA) is 57.5 Å². The lowest BCUT2D eigenvalue weighted by Crippen LogP contribution is -2.13. The second-order valence-corrected chi connectivity index (χ2v) is 5.71. The number of aromatic hydroxyl groups is 1. The Morgan fingerprint density at radius 2 is 1.91 bits per heavy atom. The second kappa shape index (κ2) is 5.79. The maximum absolute atomic E-state index is 14.3. The molecule has 3 rings (SSSR count). The fourth-order valence-electron chi connectivity index (χ4n) is 3.07. The summed E-state index contributed by atoms with van der Waals surface area (Å²) in [4.78, 5) is 11.1. The molecule has 2 aromatic carbocycles.